The molecule has 158 valence electrons. The van der Waals surface area contributed by atoms with Crippen molar-refractivity contribution in [3.63, 3.8) is 0 Å². The molecule has 1 fully saturated rings. The normalized spacial score (nSPS) is 19.8. The Morgan fingerprint density at radius 1 is 1.00 bits per heavy atom. The number of fused-ring (bicyclic) bond motifs is 1. The number of benzene rings is 2. The first kappa shape index (κ1) is 20.2. The first-order valence-corrected chi connectivity index (χ1v) is 10.3. The standard InChI is InChI=1S/C23H27N3O4/c1-17(24-22(27)21-16-29-19-9-5-6-10-20(19)30-21)23(28)26-13-11-25(12-14-26)15-18-7-3-2-4-8-18/h2-10,17,21H,11-16H2,1H3,(H,24,27)/t17-,21+/m1/s1. The number of para-hydroxylation sites is 2. The number of rotatable bonds is 5. The average molecular weight is 409 g/mol. The fourth-order valence-electron chi connectivity index (χ4n) is 3.76. The number of carbonyl (C=O) groups is 2. The van der Waals surface area contributed by atoms with Gasteiger partial charge in [0.05, 0.1) is 0 Å². The van der Waals surface area contributed by atoms with Gasteiger partial charge in [0.1, 0.15) is 12.6 Å². The van der Waals surface area contributed by atoms with Crippen LogP contribution in [-0.2, 0) is 16.1 Å². The van der Waals surface area contributed by atoms with Crippen molar-refractivity contribution in [1.82, 2.24) is 15.1 Å². The number of amides is 2. The van der Waals surface area contributed by atoms with Crippen LogP contribution in [0.1, 0.15) is 12.5 Å². The minimum atomic E-state index is -0.766. The second kappa shape index (κ2) is 9.17. The maximum atomic E-state index is 12.8. The van der Waals surface area contributed by atoms with E-state index in [1.807, 2.05) is 35.2 Å². The first-order chi connectivity index (χ1) is 14.6. The van der Waals surface area contributed by atoms with Crippen LogP contribution in [0.2, 0.25) is 0 Å². The van der Waals surface area contributed by atoms with Crippen LogP contribution in [-0.4, -0.2) is 66.5 Å². The van der Waals surface area contributed by atoms with Crippen LogP contribution in [0.15, 0.2) is 54.6 Å². The summed E-state index contributed by atoms with van der Waals surface area (Å²) in [7, 11) is 0. The van der Waals surface area contributed by atoms with Crippen molar-refractivity contribution in [3.8, 4) is 11.5 Å². The molecule has 2 aliphatic rings. The molecule has 0 aliphatic carbocycles. The summed E-state index contributed by atoms with van der Waals surface area (Å²) < 4.78 is 11.3. The largest absolute Gasteiger partial charge is 0.485 e. The molecule has 2 aromatic rings. The van der Waals surface area contributed by atoms with Gasteiger partial charge in [-0.15, -0.1) is 0 Å². The molecule has 2 aliphatic heterocycles. The van der Waals surface area contributed by atoms with E-state index in [4.69, 9.17) is 9.47 Å². The molecule has 0 radical (unpaired) electrons. The summed E-state index contributed by atoms with van der Waals surface area (Å²) in [5, 5.41) is 2.78. The molecule has 7 heteroatoms. The number of nitrogens with zero attached hydrogens (tertiary/aromatic N) is 2. The predicted molar refractivity (Wildman–Crippen MR) is 112 cm³/mol. The number of carbonyl (C=O) groups excluding carboxylic acids is 2. The van der Waals surface area contributed by atoms with Gasteiger partial charge >= 0.3 is 0 Å². The van der Waals surface area contributed by atoms with Gasteiger partial charge in [0, 0.05) is 32.7 Å². The maximum absolute atomic E-state index is 12.8. The predicted octanol–water partition coefficient (Wildman–Crippen LogP) is 1.68. The van der Waals surface area contributed by atoms with Gasteiger partial charge in [0.2, 0.25) is 12.0 Å². The summed E-state index contributed by atoms with van der Waals surface area (Å²) in [4.78, 5) is 29.5. The highest BCUT2D eigenvalue weighted by molar-refractivity contribution is 5.89. The number of piperazine rings is 1. The summed E-state index contributed by atoms with van der Waals surface area (Å²) in [6.45, 7) is 5.67. The quantitative estimate of drug-likeness (QED) is 0.814. The minimum Gasteiger partial charge on any atom is -0.485 e. The molecule has 2 heterocycles. The zero-order valence-electron chi connectivity index (χ0n) is 17.1. The number of ether oxygens (including phenoxy) is 2. The summed E-state index contributed by atoms with van der Waals surface area (Å²) in [6, 6.07) is 17.0. The summed E-state index contributed by atoms with van der Waals surface area (Å²) >= 11 is 0. The lowest BCUT2D eigenvalue weighted by molar-refractivity contribution is -0.140. The van der Waals surface area contributed by atoms with Crippen LogP contribution in [0.25, 0.3) is 0 Å². The van der Waals surface area contributed by atoms with E-state index >= 15 is 0 Å². The Balaban J connectivity index is 1.25. The lowest BCUT2D eigenvalue weighted by Crippen LogP contribution is -2.56. The smallest absolute Gasteiger partial charge is 0.265 e. The summed E-state index contributed by atoms with van der Waals surface area (Å²) in [6.07, 6.45) is -0.766. The van der Waals surface area contributed by atoms with Gasteiger partial charge in [-0.05, 0) is 24.6 Å². The molecule has 7 nitrogen and oxygen atoms in total. The molecule has 30 heavy (non-hydrogen) atoms. The van der Waals surface area contributed by atoms with Gasteiger partial charge in [0.15, 0.2) is 11.5 Å². The van der Waals surface area contributed by atoms with Crippen molar-refractivity contribution in [2.45, 2.75) is 25.6 Å². The van der Waals surface area contributed by atoms with Crippen LogP contribution in [0.5, 0.6) is 11.5 Å². The van der Waals surface area contributed by atoms with Crippen molar-refractivity contribution in [3.05, 3.63) is 60.2 Å². The Morgan fingerprint density at radius 3 is 2.40 bits per heavy atom. The minimum absolute atomic E-state index is 0.0696. The van der Waals surface area contributed by atoms with Crippen molar-refractivity contribution in [1.29, 1.82) is 0 Å². The van der Waals surface area contributed by atoms with Crippen molar-refractivity contribution in [2.75, 3.05) is 32.8 Å². The van der Waals surface area contributed by atoms with E-state index in [0.717, 1.165) is 19.6 Å². The molecule has 1 saturated heterocycles. The summed E-state index contributed by atoms with van der Waals surface area (Å²) in [5.41, 5.74) is 1.27. The Labute approximate surface area is 176 Å². The number of hydrogen-bond acceptors (Lipinski definition) is 5. The van der Waals surface area contributed by atoms with E-state index in [0.29, 0.717) is 24.6 Å². The molecule has 0 saturated carbocycles. The molecule has 2 amide bonds. The van der Waals surface area contributed by atoms with Crippen LogP contribution < -0.4 is 14.8 Å². The van der Waals surface area contributed by atoms with Crippen LogP contribution in [0.4, 0.5) is 0 Å². The molecule has 0 unspecified atom stereocenters. The first-order valence-electron chi connectivity index (χ1n) is 10.3. The monoisotopic (exact) mass is 409 g/mol. The zero-order chi connectivity index (χ0) is 20.9. The highest BCUT2D eigenvalue weighted by Crippen LogP contribution is 2.30. The fourth-order valence-corrected chi connectivity index (χ4v) is 3.76. The molecule has 1 N–H and O–H groups in total. The lowest BCUT2D eigenvalue weighted by atomic mass is 10.2. The maximum Gasteiger partial charge on any atom is 0.265 e. The van der Waals surface area contributed by atoms with Gasteiger partial charge in [0.25, 0.3) is 5.91 Å². The molecule has 2 aromatic carbocycles. The molecule has 0 bridgehead atoms. The van der Waals surface area contributed by atoms with Gasteiger partial charge < -0.3 is 19.7 Å². The van der Waals surface area contributed by atoms with Crippen molar-refractivity contribution >= 4 is 11.8 Å². The third-order valence-electron chi connectivity index (χ3n) is 5.46. The van der Waals surface area contributed by atoms with Gasteiger partial charge in [-0.1, -0.05) is 42.5 Å². The summed E-state index contributed by atoms with van der Waals surface area (Å²) in [5.74, 6) is 0.754. The Hall–Kier alpha value is -3.06. The lowest BCUT2D eigenvalue weighted by Gasteiger charge is -2.36. The van der Waals surface area contributed by atoms with E-state index in [1.54, 1.807) is 19.1 Å². The Morgan fingerprint density at radius 2 is 1.67 bits per heavy atom. The Kier molecular flexibility index (Phi) is 6.18. The van der Waals surface area contributed by atoms with E-state index in [-0.39, 0.29) is 18.4 Å². The van der Waals surface area contributed by atoms with E-state index < -0.39 is 12.1 Å². The molecule has 0 aromatic heterocycles. The van der Waals surface area contributed by atoms with E-state index in [2.05, 4.69) is 22.3 Å². The van der Waals surface area contributed by atoms with Crippen LogP contribution >= 0.6 is 0 Å². The van der Waals surface area contributed by atoms with Crippen LogP contribution in [0.3, 0.4) is 0 Å². The third kappa shape index (κ3) is 4.74. The van der Waals surface area contributed by atoms with Crippen LogP contribution in [0, 0.1) is 0 Å². The number of nitrogens with one attached hydrogen (secondary N) is 1. The molecule has 4 rings (SSSR count). The average Bonchev–Trinajstić information content (AvgIpc) is 2.79. The SMILES string of the molecule is C[C@@H](NC(=O)[C@@H]1COc2ccccc2O1)C(=O)N1CCN(Cc2ccccc2)CC1. The number of hydrogen-bond donors (Lipinski definition) is 1. The second-order valence-corrected chi connectivity index (χ2v) is 7.68. The fraction of sp³-hybridized carbons (Fsp3) is 0.391. The second-order valence-electron chi connectivity index (χ2n) is 7.68. The van der Waals surface area contributed by atoms with E-state index in [1.165, 1.54) is 5.56 Å². The molecule has 2 atom stereocenters. The molecule has 0 spiro atoms. The molecular weight excluding hydrogens is 382 g/mol. The van der Waals surface area contributed by atoms with Gasteiger partial charge in [-0.2, -0.15) is 0 Å². The van der Waals surface area contributed by atoms with Crippen molar-refractivity contribution < 1.29 is 19.1 Å². The zero-order valence-corrected chi connectivity index (χ0v) is 17.1. The van der Waals surface area contributed by atoms with Gasteiger partial charge in [-0.25, -0.2) is 0 Å². The molecular formula is C23H27N3O4. The third-order valence-corrected chi connectivity index (χ3v) is 5.46. The van der Waals surface area contributed by atoms with Crippen molar-refractivity contribution in [2.24, 2.45) is 0 Å². The Bertz CT molecular complexity index is 881. The topological polar surface area (TPSA) is 71.1 Å². The van der Waals surface area contributed by atoms with Gasteiger partial charge in [-0.3, -0.25) is 14.5 Å². The van der Waals surface area contributed by atoms with E-state index in [9.17, 15) is 9.59 Å². The highest BCUT2D eigenvalue weighted by Gasteiger charge is 2.31. The highest BCUT2D eigenvalue weighted by atomic mass is 16.6.